The van der Waals surface area contributed by atoms with Gasteiger partial charge in [0.1, 0.15) is 0 Å². The standard InChI is InChI=1S/C19H22N2O4S/c1-14-11-18(21(22)23)13-19(15(14)2)26(24,25)20-10-6-9-17(20)12-16-7-4-3-5-8-16/h3-5,7-8,11,13,17H,6,9-10,12H2,1-2H3. The third-order valence-corrected chi connectivity index (χ3v) is 7.12. The Labute approximate surface area is 153 Å². The highest BCUT2D eigenvalue weighted by atomic mass is 32.2. The van der Waals surface area contributed by atoms with Crippen LogP contribution in [0.5, 0.6) is 0 Å². The Balaban J connectivity index is 1.98. The second-order valence-electron chi connectivity index (χ2n) is 6.74. The van der Waals surface area contributed by atoms with Crippen molar-refractivity contribution in [1.82, 2.24) is 4.31 Å². The van der Waals surface area contributed by atoms with E-state index in [1.54, 1.807) is 13.8 Å². The molecule has 1 saturated heterocycles. The average Bonchev–Trinajstić information content (AvgIpc) is 3.06. The van der Waals surface area contributed by atoms with E-state index in [0.29, 0.717) is 24.1 Å². The normalized spacial score (nSPS) is 18.2. The molecule has 0 N–H and O–H groups in total. The molecule has 0 bridgehead atoms. The lowest BCUT2D eigenvalue weighted by atomic mass is 10.1. The molecular weight excluding hydrogens is 352 g/mol. The van der Waals surface area contributed by atoms with E-state index in [-0.39, 0.29) is 16.6 Å². The van der Waals surface area contributed by atoms with Crippen molar-refractivity contribution in [3.05, 3.63) is 69.3 Å². The van der Waals surface area contributed by atoms with Crippen LogP contribution in [-0.4, -0.2) is 30.2 Å². The molecule has 1 atom stereocenters. The number of nitro benzene ring substituents is 1. The van der Waals surface area contributed by atoms with Gasteiger partial charge in [0.05, 0.1) is 9.82 Å². The Kier molecular flexibility index (Phi) is 5.11. The molecule has 3 rings (SSSR count). The summed E-state index contributed by atoms with van der Waals surface area (Å²) in [6.45, 7) is 3.85. The van der Waals surface area contributed by atoms with E-state index in [9.17, 15) is 18.5 Å². The lowest BCUT2D eigenvalue weighted by Crippen LogP contribution is -2.37. The maximum absolute atomic E-state index is 13.3. The molecule has 1 heterocycles. The molecule has 7 heteroatoms. The first-order chi connectivity index (χ1) is 12.3. The molecule has 2 aromatic rings. The van der Waals surface area contributed by atoms with Crippen molar-refractivity contribution in [1.29, 1.82) is 0 Å². The van der Waals surface area contributed by atoms with E-state index in [2.05, 4.69) is 0 Å². The van der Waals surface area contributed by atoms with Crippen LogP contribution in [0, 0.1) is 24.0 Å². The van der Waals surface area contributed by atoms with Crippen LogP contribution in [0.4, 0.5) is 5.69 Å². The summed E-state index contributed by atoms with van der Waals surface area (Å²) in [6, 6.07) is 12.3. The maximum atomic E-state index is 13.3. The zero-order chi connectivity index (χ0) is 18.9. The Bertz CT molecular complexity index is 926. The van der Waals surface area contributed by atoms with Crippen molar-refractivity contribution < 1.29 is 13.3 Å². The molecule has 6 nitrogen and oxygen atoms in total. The number of rotatable bonds is 5. The fraction of sp³-hybridized carbons (Fsp3) is 0.368. The zero-order valence-electron chi connectivity index (χ0n) is 14.9. The summed E-state index contributed by atoms with van der Waals surface area (Å²) in [7, 11) is -3.79. The predicted molar refractivity (Wildman–Crippen MR) is 99.6 cm³/mol. The molecule has 138 valence electrons. The highest BCUT2D eigenvalue weighted by Crippen LogP contribution is 2.32. The van der Waals surface area contributed by atoms with Gasteiger partial charge >= 0.3 is 0 Å². The number of hydrogen-bond acceptors (Lipinski definition) is 4. The van der Waals surface area contributed by atoms with E-state index in [1.807, 2.05) is 30.3 Å². The van der Waals surface area contributed by atoms with Gasteiger partial charge in [-0.3, -0.25) is 10.1 Å². The summed E-state index contributed by atoms with van der Waals surface area (Å²) in [4.78, 5) is 10.7. The van der Waals surface area contributed by atoms with Gasteiger partial charge in [-0.05, 0) is 49.8 Å². The fourth-order valence-electron chi connectivity index (χ4n) is 3.52. The number of aryl methyl sites for hydroxylation is 1. The molecule has 1 unspecified atom stereocenters. The molecule has 0 radical (unpaired) electrons. The number of benzene rings is 2. The van der Waals surface area contributed by atoms with E-state index >= 15 is 0 Å². The SMILES string of the molecule is Cc1cc([N+](=O)[O-])cc(S(=O)(=O)N2CCCC2Cc2ccccc2)c1C. The van der Waals surface area contributed by atoms with Gasteiger partial charge in [0.25, 0.3) is 5.69 Å². The number of nitro groups is 1. The molecule has 26 heavy (non-hydrogen) atoms. The molecule has 1 aliphatic rings. The topological polar surface area (TPSA) is 80.5 Å². The van der Waals surface area contributed by atoms with Gasteiger partial charge in [-0.1, -0.05) is 30.3 Å². The summed E-state index contributed by atoms with van der Waals surface area (Å²) in [5, 5.41) is 11.2. The second kappa shape index (κ2) is 7.17. The maximum Gasteiger partial charge on any atom is 0.271 e. The largest absolute Gasteiger partial charge is 0.271 e. The number of sulfonamides is 1. The van der Waals surface area contributed by atoms with Gasteiger partial charge in [-0.15, -0.1) is 0 Å². The number of nitrogens with zero attached hydrogens (tertiary/aromatic N) is 2. The summed E-state index contributed by atoms with van der Waals surface area (Å²) in [6.07, 6.45) is 2.23. The van der Waals surface area contributed by atoms with Crippen molar-refractivity contribution in [3.8, 4) is 0 Å². The third kappa shape index (κ3) is 3.50. The van der Waals surface area contributed by atoms with Crippen LogP contribution in [0.15, 0.2) is 47.4 Å². The van der Waals surface area contributed by atoms with Gasteiger partial charge in [-0.2, -0.15) is 4.31 Å². The van der Waals surface area contributed by atoms with Crippen molar-refractivity contribution in [3.63, 3.8) is 0 Å². The minimum atomic E-state index is -3.79. The molecule has 1 fully saturated rings. The Morgan fingerprint density at radius 1 is 1.19 bits per heavy atom. The average molecular weight is 374 g/mol. The minimum absolute atomic E-state index is 0.0455. The molecule has 1 aliphatic heterocycles. The lowest BCUT2D eigenvalue weighted by molar-refractivity contribution is -0.385. The molecule has 0 spiro atoms. The highest BCUT2D eigenvalue weighted by Gasteiger charge is 2.37. The van der Waals surface area contributed by atoms with Crippen LogP contribution in [0.2, 0.25) is 0 Å². The van der Waals surface area contributed by atoms with Gasteiger partial charge in [0.15, 0.2) is 0 Å². The van der Waals surface area contributed by atoms with Crippen molar-refractivity contribution in [2.24, 2.45) is 0 Å². The van der Waals surface area contributed by atoms with E-state index in [0.717, 1.165) is 18.4 Å². The Morgan fingerprint density at radius 3 is 2.54 bits per heavy atom. The molecular formula is C19H22N2O4S. The molecule has 0 aliphatic carbocycles. The first kappa shape index (κ1) is 18.5. The third-order valence-electron chi connectivity index (χ3n) is 5.04. The van der Waals surface area contributed by atoms with Crippen LogP contribution in [-0.2, 0) is 16.4 Å². The molecule has 0 aromatic heterocycles. The van der Waals surface area contributed by atoms with Crippen molar-refractivity contribution in [2.45, 2.75) is 44.0 Å². The van der Waals surface area contributed by atoms with Crippen LogP contribution in [0.1, 0.15) is 29.5 Å². The van der Waals surface area contributed by atoms with Crippen LogP contribution >= 0.6 is 0 Å². The summed E-state index contributed by atoms with van der Waals surface area (Å²) >= 11 is 0. The van der Waals surface area contributed by atoms with E-state index in [4.69, 9.17) is 0 Å². The van der Waals surface area contributed by atoms with Gasteiger partial charge in [0.2, 0.25) is 10.0 Å². The monoisotopic (exact) mass is 374 g/mol. The van der Waals surface area contributed by atoms with Gasteiger partial charge in [0, 0.05) is 24.7 Å². The summed E-state index contributed by atoms with van der Waals surface area (Å²) in [5.74, 6) is 0. The van der Waals surface area contributed by atoms with Crippen LogP contribution in [0.25, 0.3) is 0 Å². The van der Waals surface area contributed by atoms with Crippen LogP contribution in [0.3, 0.4) is 0 Å². The highest BCUT2D eigenvalue weighted by molar-refractivity contribution is 7.89. The van der Waals surface area contributed by atoms with E-state index < -0.39 is 14.9 Å². The smallest absolute Gasteiger partial charge is 0.258 e. The summed E-state index contributed by atoms with van der Waals surface area (Å²) in [5.41, 5.74) is 2.08. The second-order valence-corrected chi connectivity index (χ2v) is 8.60. The molecule has 0 saturated carbocycles. The number of hydrogen-bond donors (Lipinski definition) is 0. The first-order valence-corrected chi connectivity index (χ1v) is 10.1. The van der Waals surface area contributed by atoms with Crippen molar-refractivity contribution in [2.75, 3.05) is 6.54 Å². The van der Waals surface area contributed by atoms with Crippen LogP contribution < -0.4 is 0 Å². The lowest BCUT2D eigenvalue weighted by Gasteiger charge is -2.25. The quantitative estimate of drug-likeness (QED) is 0.591. The molecule has 2 aromatic carbocycles. The van der Waals surface area contributed by atoms with Crippen molar-refractivity contribution >= 4 is 15.7 Å². The van der Waals surface area contributed by atoms with Gasteiger partial charge in [-0.25, -0.2) is 8.42 Å². The van der Waals surface area contributed by atoms with E-state index in [1.165, 1.54) is 16.4 Å². The Morgan fingerprint density at radius 2 is 1.88 bits per heavy atom. The minimum Gasteiger partial charge on any atom is -0.258 e. The zero-order valence-corrected chi connectivity index (χ0v) is 15.7. The first-order valence-electron chi connectivity index (χ1n) is 8.62. The fourth-order valence-corrected chi connectivity index (χ4v) is 5.54. The predicted octanol–water partition coefficient (Wildman–Crippen LogP) is 3.61. The van der Waals surface area contributed by atoms with Gasteiger partial charge < -0.3 is 0 Å². The number of non-ortho nitro benzene ring substituents is 1. The summed E-state index contributed by atoms with van der Waals surface area (Å²) < 4.78 is 28.1. The Hall–Kier alpha value is -2.25. The molecule has 0 amide bonds.